The van der Waals surface area contributed by atoms with Gasteiger partial charge in [-0.3, -0.25) is 4.98 Å². The molecule has 0 saturated carbocycles. The normalized spacial score (nSPS) is 12.1. The summed E-state index contributed by atoms with van der Waals surface area (Å²) in [5.74, 6) is 0. The van der Waals surface area contributed by atoms with Crippen LogP contribution in [0.1, 0.15) is 13.8 Å². The Morgan fingerprint density at radius 1 is 1.53 bits per heavy atom. The maximum Gasteiger partial charge on any atom is 0.242 e. The highest BCUT2D eigenvalue weighted by atomic mass is 79.9. The number of sulfonamides is 1. The number of nitrogens with one attached hydrogen (secondary N) is 1. The van der Waals surface area contributed by atoms with Crippen molar-refractivity contribution >= 4 is 26.0 Å². The Labute approximate surface area is 109 Å². The van der Waals surface area contributed by atoms with Crippen LogP contribution in [0.4, 0.5) is 0 Å². The third kappa shape index (κ3) is 4.07. The van der Waals surface area contributed by atoms with Crippen LogP contribution in [0.3, 0.4) is 0 Å². The van der Waals surface area contributed by atoms with E-state index in [9.17, 15) is 8.42 Å². The average Bonchev–Trinajstić information content (AvgIpc) is 2.27. The number of nitriles is 1. The average molecular weight is 318 g/mol. The monoisotopic (exact) mass is 317 g/mol. The van der Waals surface area contributed by atoms with Gasteiger partial charge in [0, 0.05) is 23.4 Å². The first kappa shape index (κ1) is 14.1. The zero-order chi connectivity index (χ0) is 13.1. The minimum absolute atomic E-state index is 0.0539. The van der Waals surface area contributed by atoms with Crippen molar-refractivity contribution in [1.29, 1.82) is 5.26 Å². The number of nitrogens with zero attached hydrogens (tertiary/aromatic N) is 2. The van der Waals surface area contributed by atoms with Crippen molar-refractivity contribution in [2.45, 2.75) is 18.7 Å². The summed E-state index contributed by atoms with van der Waals surface area (Å²) in [5, 5.41) is 8.80. The van der Waals surface area contributed by atoms with E-state index in [-0.39, 0.29) is 11.4 Å². The fraction of sp³-hybridized carbons (Fsp3) is 0.400. The summed E-state index contributed by atoms with van der Waals surface area (Å²) >= 11 is 3.15. The summed E-state index contributed by atoms with van der Waals surface area (Å²) in [7, 11) is -3.62. The molecule has 0 aliphatic carbocycles. The Balaban J connectivity index is 2.88. The zero-order valence-electron chi connectivity index (χ0n) is 9.44. The Morgan fingerprint density at radius 2 is 2.18 bits per heavy atom. The lowest BCUT2D eigenvalue weighted by molar-refractivity contribution is 0.478. The maximum atomic E-state index is 11.9. The molecular weight excluding hydrogens is 306 g/mol. The molecule has 0 aromatic carbocycles. The van der Waals surface area contributed by atoms with Crippen molar-refractivity contribution in [3.05, 3.63) is 22.9 Å². The lowest BCUT2D eigenvalue weighted by Crippen LogP contribution is -2.33. The predicted octanol–water partition coefficient (Wildman–Crippen LogP) is 1.67. The summed E-state index contributed by atoms with van der Waals surface area (Å²) in [5.41, 5.74) is -0.744. The van der Waals surface area contributed by atoms with Crippen molar-refractivity contribution in [3.63, 3.8) is 0 Å². The van der Waals surface area contributed by atoms with Gasteiger partial charge in [-0.05, 0) is 35.8 Å². The van der Waals surface area contributed by atoms with E-state index in [1.807, 2.05) is 6.07 Å². The van der Waals surface area contributed by atoms with E-state index < -0.39 is 15.4 Å². The first-order chi connectivity index (χ1) is 7.77. The lowest BCUT2D eigenvalue weighted by atomic mass is 9.97. The zero-order valence-corrected chi connectivity index (χ0v) is 11.8. The van der Waals surface area contributed by atoms with Crippen LogP contribution >= 0.6 is 15.9 Å². The van der Waals surface area contributed by atoms with Crippen LogP contribution in [0.2, 0.25) is 0 Å². The molecule has 0 spiro atoms. The van der Waals surface area contributed by atoms with Crippen LogP contribution in [0.25, 0.3) is 0 Å². The molecule has 0 aliphatic heterocycles. The fourth-order valence-corrected chi connectivity index (χ4v) is 2.65. The summed E-state index contributed by atoms with van der Waals surface area (Å²) in [6.07, 6.45) is 2.75. The van der Waals surface area contributed by atoms with Gasteiger partial charge in [-0.1, -0.05) is 0 Å². The van der Waals surface area contributed by atoms with Gasteiger partial charge in [0.2, 0.25) is 10.0 Å². The van der Waals surface area contributed by atoms with E-state index in [4.69, 9.17) is 5.26 Å². The molecule has 0 amide bonds. The van der Waals surface area contributed by atoms with E-state index in [0.29, 0.717) is 4.47 Å². The van der Waals surface area contributed by atoms with Gasteiger partial charge in [0.25, 0.3) is 0 Å². The lowest BCUT2D eigenvalue weighted by Gasteiger charge is -2.15. The van der Waals surface area contributed by atoms with Gasteiger partial charge >= 0.3 is 0 Å². The molecule has 1 heterocycles. The quantitative estimate of drug-likeness (QED) is 0.915. The van der Waals surface area contributed by atoms with E-state index in [0.717, 1.165) is 0 Å². The fourth-order valence-electron chi connectivity index (χ4n) is 0.938. The third-order valence-electron chi connectivity index (χ3n) is 2.00. The van der Waals surface area contributed by atoms with E-state index >= 15 is 0 Å². The second-order valence-corrected chi connectivity index (χ2v) is 6.84. The van der Waals surface area contributed by atoms with Gasteiger partial charge in [0.15, 0.2) is 0 Å². The maximum absolute atomic E-state index is 11.9. The van der Waals surface area contributed by atoms with Crippen molar-refractivity contribution in [3.8, 4) is 6.07 Å². The molecule has 1 aromatic rings. The molecule has 5 nitrogen and oxygen atoms in total. The summed E-state index contributed by atoms with van der Waals surface area (Å²) in [4.78, 5) is 3.85. The summed E-state index contributed by atoms with van der Waals surface area (Å²) in [6, 6.07) is 3.48. The molecule has 0 atom stereocenters. The first-order valence-corrected chi connectivity index (χ1v) is 7.06. The SMILES string of the molecule is CC(C)(C#N)CNS(=O)(=O)c1cncc(Br)c1. The molecule has 1 rings (SSSR count). The van der Waals surface area contributed by atoms with Crippen molar-refractivity contribution < 1.29 is 8.42 Å². The number of rotatable bonds is 4. The number of hydrogen-bond acceptors (Lipinski definition) is 4. The minimum Gasteiger partial charge on any atom is -0.262 e. The van der Waals surface area contributed by atoms with Gasteiger partial charge in [-0.15, -0.1) is 0 Å². The van der Waals surface area contributed by atoms with Gasteiger partial charge < -0.3 is 0 Å². The second-order valence-electron chi connectivity index (χ2n) is 4.16. The predicted molar refractivity (Wildman–Crippen MR) is 66.5 cm³/mol. The third-order valence-corrected chi connectivity index (χ3v) is 3.80. The highest BCUT2D eigenvalue weighted by Crippen LogP contribution is 2.16. The summed E-state index contributed by atoms with van der Waals surface area (Å²) in [6.45, 7) is 3.38. The molecule has 0 saturated heterocycles. The van der Waals surface area contributed by atoms with Crippen LogP contribution in [-0.2, 0) is 10.0 Å². The van der Waals surface area contributed by atoms with E-state index in [2.05, 4.69) is 25.6 Å². The Bertz CT molecular complexity index is 549. The van der Waals surface area contributed by atoms with Gasteiger partial charge in [-0.25, -0.2) is 13.1 Å². The first-order valence-electron chi connectivity index (χ1n) is 4.78. The molecule has 0 aliphatic rings. The molecule has 0 fully saturated rings. The Morgan fingerprint density at radius 3 is 2.71 bits per heavy atom. The topological polar surface area (TPSA) is 82.9 Å². The van der Waals surface area contributed by atoms with Gasteiger partial charge in [0.1, 0.15) is 4.90 Å². The van der Waals surface area contributed by atoms with Crippen LogP contribution in [-0.4, -0.2) is 19.9 Å². The molecule has 1 N–H and O–H groups in total. The number of halogens is 1. The molecule has 0 radical (unpaired) electrons. The smallest absolute Gasteiger partial charge is 0.242 e. The molecule has 1 aromatic heterocycles. The molecule has 0 unspecified atom stereocenters. The van der Waals surface area contributed by atoms with Crippen LogP contribution < -0.4 is 4.72 Å². The van der Waals surface area contributed by atoms with E-state index in [1.165, 1.54) is 18.5 Å². The van der Waals surface area contributed by atoms with Crippen molar-refractivity contribution in [1.82, 2.24) is 9.71 Å². The Kier molecular flexibility index (Phi) is 4.25. The highest BCUT2D eigenvalue weighted by molar-refractivity contribution is 9.10. The van der Waals surface area contributed by atoms with Gasteiger partial charge in [0.05, 0.1) is 11.5 Å². The Hall–Kier alpha value is -0.970. The number of hydrogen-bond donors (Lipinski definition) is 1. The molecular formula is C10H12BrN3O2S. The minimum atomic E-state index is -3.62. The van der Waals surface area contributed by atoms with Crippen molar-refractivity contribution in [2.24, 2.45) is 5.41 Å². The molecule has 7 heteroatoms. The number of aromatic nitrogens is 1. The molecule has 92 valence electrons. The second kappa shape index (κ2) is 5.12. The molecule has 17 heavy (non-hydrogen) atoms. The van der Waals surface area contributed by atoms with Gasteiger partial charge in [-0.2, -0.15) is 5.26 Å². The van der Waals surface area contributed by atoms with Crippen LogP contribution in [0.15, 0.2) is 27.8 Å². The number of pyridine rings is 1. The standard InChI is InChI=1S/C10H12BrN3O2S/c1-10(2,6-12)7-14-17(15,16)9-3-8(11)4-13-5-9/h3-5,14H,7H2,1-2H3. The van der Waals surface area contributed by atoms with Crippen molar-refractivity contribution in [2.75, 3.05) is 6.54 Å². The highest BCUT2D eigenvalue weighted by Gasteiger charge is 2.22. The molecule has 0 bridgehead atoms. The van der Waals surface area contributed by atoms with Crippen LogP contribution in [0.5, 0.6) is 0 Å². The van der Waals surface area contributed by atoms with Crippen LogP contribution in [0, 0.1) is 16.7 Å². The largest absolute Gasteiger partial charge is 0.262 e. The summed E-state index contributed by atoms with van der Waals surface area (Å²) < 4.78 is 26.7. The van der Waals surface area contributed by atoms with E-state index in [1.54, 1.807) is 13.8 Å².